The minimum atomic E-state index is -0.630. The smallest absolute Gasteiger partial charge is 0.318 e. The molecule has 94 valence electrons. The van der Waals surface area contributed by atoms with Crippen LogP contribution in [0.2, 0.25) is 0 Å². The third-order valence-corrected chi connectivity index (χ3v) is 2.94. The van der Waals surface area contributed by atoms with Gasteiger partial charge in [-0.1, -0.05) is 0 Å². The first-order chi connectivity index (χ1) is 8.08. The molecule has 7 heteroatoms. The fourth-order valence-electron chi connectivity index (χ4n) is 1.87. The number of piperazine rings is 1. The predicted octanol–water partition coefficient (Wildman–Crippen LogP) is -1.17. The van der Waals surface area contributed by atoms with Crippen LogP contribution in [0.5, 0.6) is 0 Å². The fourth-order valence-corrected chi connectivity index (χ4v) is 1.87. The Morgan fingerprint density at radius 2 is 2.29 bits per heavy atom. The van der Waals surface area contributed by atoms with E-state index in [0.29, 0.717) is 13.2 Å². The monoisotopic (exact) mass is 241 g/mol. The second kappa shape index (κ2) is 4.70. The molecular weight excluding hydrogens is 226 g/mol. The van der Waals surface area contributed by atoms with Crippen molar-refractivity contribution < 1.29 is 19.1 Å². The van der Waals surface area contributed by atoms with Gasteiger partial charge in [-0.15, -0.1) is 0 Å². The molecule has 0 spiro atoms. The lowest BCUT2D eigenvalue weighted by molar-refractivity contribution is -0.137. The molecule has 2 saturated heterocycles. The molecule has 0 aromatic rings. The van der Waals surface area contributed by atoms with Crippen LogP contribution in [0.25, 0.3) is 0 Å². The molecule has 0 aromatic heterocycles. The Balaban J connectivity index is 1.96. The Labute approximate surface area is 98.5 Å². The van der Waals surface area contributed by atoms with E-state index in [9.17, 15) is 14.4 Å². The minimum absolute atomic E-state index is 0.0326. The van der Waals surface area contributed by atoms with Crippen LogP contribution in [-0.2, 0) is 14.3 Å². The molecule has 0 aliphatic carbocycles. The summed E-state index contributed by atoms with van der Waals surface area (Å²) in [5, 5.41) is 4.93. The molecule has 0 aromatic carbocycles. The number of carbonyl (C=O) groups excluding carboxylic acids is 3. The molecule has 2 heterocycles. The molecule has 0 radical (unpaired) electrons. The molecule has 2 aliphatic heterocycles. The van der Waals surface area contributed by atoms with Crippen molar-refractivity contribution in [2.45, 2.75) is 25.4 Å². The first-order valence-electron chi connectivity index (χ1n) is 5.56. The van der Waals surface area contributed by atoms with Gasteiger partial charge in [0.25, 0.3) is 0 Å². The van der Waals surface area contributed by atoms with Crippen LogP contribution >= 0.6 is 0 Å². The van der Waals surface area contributed by atoms with E-state index in [-0.39, 0.29) is 12.6 Å². The van der Waals surface area contributed by atoms with E-state index < -0.39 is 23.9 Å². The Hall–Kier alpha value is -1.63. The average molecular weight is 241 g/mol. The zero-order valence-corrected chi connectivity index (χ0v) is 9.56. The Kier molecular flexibility index (Phi) is 3.28. The molecule has 17 heavy (non-hydrogen) atoms. The highest BCUT2D eigenvalue weighted by atomic mass is 16.5. The zero-order valence-electron chi connectivity index (χ0n) is 9.56. The van der Waals surface area contributed by atoms with E-state index in [1.54, 1.807) is 6.92 Å². The second-order valence-electron chi connectivity index (χ2n) is 4.23. The van der Waals surface area contributed by atoms with Gasteiger partial charge < -0.3 is 15.0 Å². The molecule has 4 amide bonds. The standard InChI is InChI=1S/C10H15N3O4/c1-6-9(15)12-8(14)4-13(6)10(16)11-7-2-3-17-5-7/h6-7H,2-5H2,1H3,(H,11,16)(H,12,14,15). The van der Waals surface area contributed by atoms with Gasteiger partial charge >= 0.3 is 6.03 Å². The van der Waals surface area contributed by atoms with Crippen molar-refractivity contribution in [3.8, 4) is 0 Å². The lowest BCUT2D eigenvalue weighted by Crippen LogP contribution is -2.61. The van der Waals surface area contributed by atoms with E-state index in [2.05, 4.69) is 10.6 Å². The number of urea groups is 1. The second-order valence-corrected chi connectivity index (χ2v) is 4.23. The van der Waals surface area contributed by atoms with Crippen LogP contribution in [0.15, 0.2) is 0 Å². The lowest BCUT2D eigenvalue weighted by Gasteiger charge is -2.32. The number of rotatable bonds is 1. The number of hydrogen-bond donors (Lipinski definition) is 2. The lowest BCUT2D eigenvalue weighted by atomic mass is 10.2. The molecule has 2 fully saturated rings. The predicted molar refractivity (Wildman–Crippen MR) is 57.1 cm³/mol. The van der Waals surface area contributed by atoms with Crippen LogP contribution in [0.3, 0.4) is 0 Å². The van der Waals surface area contributed by atoms with E-state index in [0.717, 1.165) is 6.42 Å². The summed E-state index contributed by atoms with van der Waals surface area (Å²) >= 11 is 0. The molecule has 2 atom stereocenters. The van der Waals surface area contributed by atoms with E-state index >= 15 is 0 Å². The van der Waals surface area contributed by atoms with Crippen molar-refractivity contribution in [1.82, 2.24) is 15.5 Å². The van der Waals surface area contributed by atoms with Gasteiger partial charge in [0.1, 0.15) is 12.6 Å². The van der Waals surface area contributed by atoms with Crippen molar-refractivity contribution in [3.05, 3.63) is 0 Å². The summed E-state index contributed by atoms with van der Waals surface area (Å²) in [5.74, 6) is -0.898. The van der Waals surface area contributed by atoms with Gasteiger partial charge in [0.15, 0.2) is 0 Å². The van der Waals surface area contributed by atoms with Gasteiger partial charge in [0, 0.05) is 6.61 Å². The molecular formula is C10H15N3O4. The van der Waals surface area contributed by atoms with Crippen molar-refractivity contribution in [2.24, 2.45) is 0 Å². The average Bonchev–Trinajstić information content (AvgIpc) is 2.76. The maximum atomic E-state index is 11.9. The van der Waals surface area contributed by atoms with Gasteiger partial charge in [-0.25, -0.2) is 4.79 Å². The first-order valence-corrected chi connectivity index (χ1v) is 5.56. The molecule has 2 aliphatic rings. The molecule has 2 unspecified atom stereocenters. The normalized spacial score (nSPS) is 29.1. The number of imide groups is 1. The summed E-state index contributed by atoms with van der Waals surface area (Å²) in [5.41, 5.74) is 0. The highest BCUT2D eigenvalue weighted by Gasteiger charge is 2.34. The molecule has 2 rings (SSSR count). The topological polar surface area (TPSA) is 87.7 Å². The molecule has 7 nitrogen and oxygen atoms in total. The number of carbonyl (C=O) groups is 3. The van der Waals surface area contributed by atoms with Gasteiger partial charge in [0.05, 0.1) is 12.6 Å². The van der Waals surface area contributed by atoms with Crippen LogP contribution in [0, 0.1) is 0 Å². The molecule has 0 saturated carbocycles. The number of hydrogen-bond acceptors (Lipinski definition) is 4. The quantitative estimate of drug-likeness (QED) is 0.566. The first kappa shape index (κ1) is 11.8. The third-order valence-electron chi connectivity index (χ3n) is 2.94. The van der Waals surface area contributed by atoms with Crippen molar-refractivity contribution in [3.63, 3.8) is 0 Å². The summed E-state index contributed by atoms with van der Waals surface area (Å²) in [6, 6.07) is -1.05. The highest BCUT2D eigenvalue weighted by molar-refractivity contribution is 6.03. The van der Waals surface area contributed by atoms with Crippen LogP contribution in [0.1, 0.15) is 13.3 Å². The zero-order chi connectivity index (χ0) is 12.4. The highest BCUT2D eigenvalue weighted by Crippen LogP contribution is 2.08. The van der Waals surface area contributed by atoms with Gasteiger partial charge in [0.2, 0.25) is 11.8 Å². The third kappa shape index (κ3) is 2.55. The summed E-state index contributed by atoms with van der Waals surface area (Å²) < 4.78 is 5.13. The largest absolute Gasteiger partial charge is 0.379 e. The van der Waals surface area contributed by atoms with E-state index in [4.69, 9.17) is 4.74 Å². The van der Waals surface area contributed by atoms with Crippen LogP contribution in [0.4, 0.5) is 4.79 Å². The number of nitrogens with one attached hydrogen (secondary N) is 2. The number of amides is 4. The summed E-state index contributed by atoms with van der Waals surface area (Å²) in [4.78, 5) is 35.7. The van der Waals surface area contributed by atoms with Gasteiger partial charge in [-0.3, -0.25) is 14.9 Å². The van der Waals surface area contributed by atoms with E-state index in [1.807, 2.05) is 0 Å². The SMILES string of the molecule is CC1C(=O)NC(=O)CN1C(=O)NC1CCOC1. The molecule has 2 N–H and O–H groups in total. The maximum absolute atomic E-state index is 11.9. The van der Waals surface area contributed by atoms with Gasteiger partial charge in [-0.2, -0.15) is 0 Å². The number of nitrogens with zero attached hydrogens (tertiary/aromatic N) is 1. The number of ether oxygens (including phenoxy) is 1. The maximum Gasteiger partial charge on any atom is 0.318 e. The van der Waals surface area contributed by atoms with Gasteiger partial charge in [-0.05, 0) is 13.3 Å². The Morgan fingerprint density at radius 3 is 2.94 bits per heavy atom. The Bertz CT molecular complexity index is 351. The van der Waals surface area contributed by atoms with Crippen LogP contribution < -0.4 is 10.6 Å². The van der Waals surface area contributed by atoms with Crippen LogP contribution in [-0.4, -0.2) is 54.6 Å². The summed E-state index contributed by atoms with van der Waals surface area (Å²) in [7, 11) is 0. The van der Waals surface area contributed by atoms with Crippen molar-refractivity contribution in [1.29, 1.82) is 0 Å². The Morgan fingerprint density at radius 1 is 1.53 bits per heavy atom. The fraction of sp³-hybridized carbons (Fsp3) is 0.700. The van der Waals surface area contributed by atoms with E-state index in [1.165, 1.54) is 4.90 Å². The van der Waals surface area contributed by atoms with Crippen molar-refractivity contribution in [2.75, 3.05) is 19.8 Å². The minimum Gasteiger partial charge on any atom is -0.379 e. The summed E-state index contributed by atoms with van der Waals surface area (Å²) in [6.07, 6.45) is 0.758. The molecule has 0 bridgehead atoms. The summed E-state index contributed by atoms with van der Waals surface area (Å²) in [6.45, 7) is 2.60. The van der Waals surface area contributed by atoms with Crippen molar-refractivity contribution >= 4 is 17.8 Å².